The predicted molar refractivity (Wildman–Crippen MR) is 72.5 cm³/mol. The van der Waals surface area contributed by atoms with E-state index in [1.54, 1.807) is 0 Å². The van der Waals surface area contributed by atoms with Crippen molar-refractivity contribution in [3.8, 4) is 0 Å². The van der Waals surface area contributed by atoms with Crippen molar-refractivity contribution in [1.82, 2.24) is 4.98 Å². The van der Waals surface area contributed by atoms with Crippen molar-refractivity contribution in [2.45, 2.75) is 31.1 Å². The number of fused-ring (bicyclic) bond motifs is 1. The maximum Gasteiger partial charge on any atom is 0.0471 e. The molecule has 0 unspecified atom stereocenters. The van der Waals surface area contributed by atoms with Gasteiger partial charge in [-0.15, -0.1) is 0 Å². The number of halogens is 1. The molecule has 1 aromatic heterocycles. The minimum absolute atomic E-state index is 0.187. The maximum absolute atomic E-state index is 6.04. The Morgan fingerprint density at radius 2 is 2.06 bits per heavy atom. The molecule has 0 aliphatic heterocycles. The van der Waals surface area contributed by atoms with Gasteiger partial charge in [-0.2, -0.15) is 0 Å². The number of rotatable bonds is 2. The Hall–Kier alpha value is -0.990. The summed E-state index contributed by atoms with van der Waals surface area (Å²) in [4.78, 5) is 3.32. The van der Waals surface area contributed by atoms with Gasteiger partial charge in [0.25, 0.3) is 0 Å². The van der Waals surface area contributed by atoms with E-state index in [-0.39, 0.29) is 5.41 Å². The highest BCUT2D eigenvalue weighted by molar-refractivity contribution is 6.31. The number of aromatic nitrogens is 1. The summed E-state index contributed by atoms with van der Waals surface area (Å²) in [5.74, 6) is 0. The molecule has 2 aromatic rings. The first-order valence-corrected chi connectivity index (χ1v) is 6.60. The molecule has 1 heterocycles. The molecule has 2 nitrogen and oxygen atoms in total. The van der Waals surface area contributed by atoms with Crippen LogP contribution < -0.4 is 5.73 Å². The van der Waals surface area contributed by atoms with Gasteiger partial charge in [0, 0.05) is 34.1 Å². The molecular weight excluding hydrogens is 232 g/mol. The van der Waals surface area contributed by atoms with E-state index >= 15 is 0 Å². The van der Waals surface area contributed by atoms with Crippen LogP contribution in [0.2, 0.25) is 5.02 Å². The molecule has 17 heavy (non-hydrogen) atoms. The third kappa shape index (κ3) is 1.67. The highest BCUT2D eigenvalue weighted by atomic mass is 35.5. The smallest absolute Gasteiger partial charge is 0.0471 e. The van der Waals surface area contributed by atoms with Crippen molar-refractivity contribution in [3.05, 3.63) is 35.0 Å². The summed E-state index contributed by atoms with van der Waals surface area (Å²) >= 11 is 6.01. The molecule has 90 valence electrons. The van der Waals surface area contributed by atoms with Gasteiger partial charge in [0.15, 0.2) is 0 Å². The van der Waals surface area contributed by atoms with Crippen LogP contribution in [0, 0.1) is 0 Å². The number of benzene rings is 1. The Morgan fingerprint density at radius 1 is 1.29 bits per heavy atom. The van der Waals surface area contributed by atoms with Gasteiger partial charge in [0.2, 0.25) is 0 Å². The van der Waals surface area contributed by atoms with Gasteiger partial charge in [-0.1, -0.05) is 30.5 Å². The average molecular weight is 249 g/mol. The van der Waals surface area contributed by atoms with Crippen molar-refractivity contribution < 1.29 is 0 Å². The van der Waals surface area contributed by atoms with E-state index in [0.29, 0.717) is 0 Å². The lowest BCUT2D eigenvalue weighted by Gasteiger charge is -2.27. The van der Waals surface area contributed by atoms with Gasteiger partial charge in [-0.25, -0.2) is 0 Å². The van der Waals surface area contributed by atoms with Crippen molar-refractivity contribution >= 4 is 22.5 Å². The standard InChI is InChI=1S/C14H17ClN2/c15-10-3-4-11-12(8-17-13(11)7-10)14(9-16)5-1-2-6-14/h3-4,7-8,17H,1-2,5-6,9,16H2. The summed E-state index contributed by atoms with van der Waals surface area (Å²) in [5.41, 5.74) is 8.72. The fourth-order valence-corrected chi connectivity index (χ4v) is 3.34. The van der Waals surface area contributed by atoms with Crippen LogP contribution in [0.15, 0.2) is 24.4 Å². The number of nitrogens with two attached hydrogens (primary N) is 1. The Labute approximate surface area is 106 Å². The highest BCUT2D eigenvalue weighted by Gasteiger charge is 2.35. The second kappa shape index (κ2) is 4.04. The van der Waals surface area contributed by atoms with Gasteiger partial charge in [-0.3, -0.25) is 0 Å². The Morgan fingerprint density at radius 3 is 2.76 bits per heavy atom. The quantitative estimate of drug-likeness (QED) is 0.838. The summed E-state index contributed by atoms with van der Waals surface area (Å²) in [7, 11) is 0. The lowest BCUT2D eigenvalue weighted by Crippen LogP contribution is -2.31. The van der Waals surface area contributed by atoms with Crippen molar-refractivity contribution in [2.24, 2.45) is 5.73 Å². The molecule has 1 aliphatic rings. The Kier molecular flexibility index (Phi) is 2.64. The molecule has 0 bridgehead atoms. The zero-order valence-electron chi connectivity index (χ0n) is 9.80. The second-order valence-corrected chi connectivity index (χ2v) is 5.52. The fourth-order valence-electron chi connectivity index (χ4n) is 3.17. The lowest BCUT2D eigenvalue weighted by molar-refractivity contribution is 0.457. The minimum atomic E-state index is 0.187. The van der Waals surface area contributed by atoms with Gasteiger partial charge in [0.05, 0.1) is 0 Å². The number of hydrogen-bond acceptors (Lipinski definition) is 1. The molecular formula is C14H17ClN2. The largest absolute Gasteiger partial charge is 0.361 e. The fraction of sp³-hybridized carbons (Fsp3) is 0.429. The van der Waals surface area contributed by atoms with Crippen LogP contribution in [0.1, 0.15) is 31.2 Å². The lowest BCUT2D eigenvalue weighted by atomic mass is 9.79. The Bertz CT molecular complexity index is 538. The molecule has 0 spiro atoms. The average Bonchev–Trinajstić information content (AvgIpc) is 2.94. The van der Waals surface area contributed by atoms with E-state index in [4.69, 9.17) is 17.3 Å². The summed E-state index contributed by atoms with van der Waals surface area (Å²) in [5, 5.41) is 2.06. The highest BCUT2D eigenvalue weighted by Crippen LogP contribution is 2.43. The van der Waals surface area contributed by atoms with Crippen LogP contribution in [0.5, 0.6) is 0 Å². The molecule has 1 saturated carbocycles. The molecule has 1 aromatic carbocycles. The summed E-state index contributed by atoms with van der Waals surface area (Å²) in [6.07, 6.45) is 7.12. The van der Waals surface area contributed by atoms with Crippen LogP contribution in [-0.2, 0) is 5.41 Å². The minimum Gasteiger partial charge on any atom is -0.361 e. The van der Waals surface area contributed by atoms with Crippen molar-refractivity contribution in [1.29, 1.82) is 0 Å². The molecule has 3 N–H and O–H groups in total. The summed E-state index contributed by atoms with van der Waals surface area (Å²) < 4.78 is 0. The number of H-pyrrole nitrogens is 1. The van der Waals surface area contributed by atoms with Crippen LogP contribution >= 0.6 is 11.6 Å². The van der Waals surface area contributed by atoms with Crippen LogP contribution in [0.4, 0.5) is 0 Å². The van der Waals surface area contributed by atoms with Crippen molar-refractivity contribution in [3.63, 3.8) is 0 Å². The van der Waals surface area contributed by atoms with E-state index in [9.17, 15) is 0 Å². The van der Waals surface area contributed by atoms with E-state index in [1.807, 2.05) is 12.1 Å². The zero-order valence-corrected chi connectivity index (χ0v) is 10.6. The van der Waals surface area contributed by atoms with Crippen LogP contribution in [0.3, 0.4) is 0 Å². The molecule has 0 radical (unpaired) electrons. The van der Waals surface area contributed by atoms with E-state index in [0.717, 1.165) is 17.1 Å². The van der Waals surface area contributed by atoms with E-state index < -0.39 is 0 Å². The first kappa shape index (κ1) is 11.1. The van der Waals surface area contributed by atoms with Crippen LogP contribution in [-0.4, -0.2) is 11.5 Å². The SMILES string of the molecule is NCC1(c2c[nH]c3cc(Cl)ccc23)CCCC1. The van der Waals surface area contributed by atoms with Gasteiger partial charge < -0.3 is 10.7 Å². The number of aromatic amines is 1. The predicted octanol–water partition coefficient (Wildman–Crippen LogP) is 3.59. The van der Waals surface area contributed by atoms with Gasteiger partial charge >= 0.3 is 0 Å². The van der Waals surface area contributed by atoms with Gasteiger partial charge in [-0.05, 0) is 30.5 Å². The summed E-state index contributed by atoms with van der Waals surface area (Å²) in [6.45, 7) is 0.739. The second-order valence-electron chi connectivity index (χ2n) is 5.08. The summed E-state index contributed by atoms with van der Waals surface area (Å²) in [6, 6.07) is 6.05. The molecule has 0 saturated heterocycles. The molecule has 3 rings (SSSR count). The zero-order chi connectivity index (χ0) is 11.9. The van der Waals surface area contributed by atoms with Gasteiger partial charge in [0.1, 0.15) is 0 Å². The molecule has 1 fully saturated rings. The molecule has 0 amide bonds. The normalized spacial score (nSPS) is 18.9. The maximum atomic E-state index is 6.04. The van der Waals surface area contributed by atoms with Crippen molar-refractivity contribution in [2.75, 3.05) is 6.54 Å². The first-order chi connectivity index (χ1) is 8.25. The van der Waals surface area contributed by atoms with Crippen LogP contribution in [0.25, 0.3) is 10.9 Å². The molecule has 3 heteroatoms. The third-order valence-electron chi connectivity index (χ3n) is 4.17. The first-order valence-electron chi connectivity index (χ1n) is 6.22. The monoisotopic (exact) mass is 248 g/mol. The topological polar surface area (TPSA) is 41.8 Å². The Balaban J connectivity index is 2.17. The number of hydrogen-bond donors (Lipinski definition) is 2. The molecule has 0 atom stereocenters. The van der Waals surface area contributed by atoms with E-state index in [2.05, 4.69) is 17.2 Å². The third-order valence-corrected chi connectivity index (χ3v) is 4.40. The van der Waals surface area contributed by atoms with E-state index in [1.165, 1.54) is 36.6 Å². The number of nitrogens with one attached hydrogen (secondary N) is 1. The molecule has 1 aliphatic carbocycles.